The number of nitrogens with one attached hydrogen (secondary N) is 1. The van der Waals surface area contributed by atoms with Gasteiger partial charge in [0.15, 0.2) is 9.84 Å². The first-order valence-corrected chi connectivity index (χ1v) is 12.2. The average molecular weight is 473 g/mol. The third-order valence-corrected chi connectivity index (χ3v) is 6.92. The Hall–Kier alpha value is -3.17. The predicted octanol–water partition coefficient (Wildman–Crippen LogP) is 3.77. The van der Waals surface area contributed by atoms with E-state index in [-0.39, 0.29) is 18.6 Å². The van der Waals surface area contributed by atoms with Crippen LogP contribution in [0.15, 0.2) is 66.9 Å². The number of nitrogens with zero attached hydrogens (tertiary/aromatic N) is 3. The quantitative estimate of drug-likeness (QED) is 0.561. The molecule has 166 valence electrons. The summed E-state index contributed by atoms with van der Waals surface area (Å²) in [6.45, 7) is 0.358. The molecular weight excluding hydrogens is 452 g/mol. The van der Waals surface area contributed by atoms with Gasteiger partial charge in [0, 0.05) is 36.6 Å². The molecule has 1 saturated heterocycles. The van der Waals surface area contributed by atoms with Gasteiger partial charge in [0.2, 0.25) is 5.88 Å². The molecule has 32 heavy (non-hydrogen) atoms. The van der Waals surface area contributed by atoms with Crippen LogP contribution in [0.3, 0.4) is 0 Å². The summed E-state index contributed by atoms with van der Waals surface area (Å²) >= 11 is 5.96. The van der Waals surface area contributed by atoms with Crippen LogP contribution in [0.2, 0.25) is 5.02 Å². The Morgan fingerprint density at radius 1 is 1.19 bits per heavy atom. The highest BCUT2D eigenvalue weighted by molar-refractivity contribution is 7.91. The highest BCUT2D eigenvalue weighted by atomic mass is 35.5. The lowest BCUT2D eigenvalue weighted by Crippen LogP contribution is -2.36. The minimum Gasteiger partial charge on any atom is -0.438 e. The summed E-state index contributed by atoms with van der Waals surface area (Å²) < 4.78 is 30.9. The third-order valence-electron chi connectivity index (χ3n) is 5.22. The van der Waals surface area contributed by atoms with Gasteiger partial charge >= 0.3 is 6.03 Å². The Labute approximate surface area is 191 Å². The van der Waals surface area contributed by atoms with Crippen molar-refractivity contribution in [3.63, 3.8) is 0 Å². The van der Waals surface area contributed by atoms with E-state index in [0.29, 0.717) is 28.8 Å². The summed E-state index contributed by atoms with van der Waals surface area (Å²) in [5.74, 6) is 0.890. The Kier molecular flexibility index (Phi) is 6.29. The van der Waals surface area contributed by atoms with Crippen LogP contribution in [0.4, 0.5) is 4.79 Å². The molecule has 2 heterocycles. The molecule has 8 nitrogen and oxygen atoms in total. The molecule has 2 atom stereocenters. The second-order valence-corrected chi connectivity index (χ2v) is 10.1. The zero-order valence-corrected chi connectivity index (χ0v) is 18.8. The lowest BCUT2D eigenvalue weighted by Gasteiger charge is -2.28. The molecule has 1 aliphatic heterocycles. The largest absolute Gasteiger partial charge is 0.438 e. The Morgan fingerprint density at radius 3 is 2.66 bits per heavy atom. The van der Waals surface area contributed by atoms with Crippen molar-refractivity contribution in [1.82, 2.24) is 20.4 Å². The molecule has 2 aromatic carbocycles. The van der Waals surface area contributed by atoms with Crippen LogP contribution in [0.5, 0.6) is 11.6 Å². The highest BCUT2D eigenvalue weighted by Gasteiger charge is 2.36. The number of hydrogen-bond acceptors (Lipinski definition) is 6. The molecule has 2 unspecified atom stereocenters. The summed E-state index contributed by atoms with van der Waals surface area (Å²) in [7, 11) is -3.50. The first kappa shape index (κ1) is 22.0. The van der Waals surface area contributed by atoms with Gasteiger partial charge in [0.25, 0.3) is 0 Å². The number of rotatable bonds is 7. The van der Waals surface area contributed by atoms with Gasteiger partial charge in [0.05, 0.1) is 6.04 Å². The fraction of sp³-hybridized carbons (Fsp3) is 0.227. The number of aromatic nitrogens is 2. The normalized spacial score (nSPS) is 17.1. The second kappa shape index (κ2) is 9.13. The maximum Gasteiger partial charge on any atom is 0.318 e. The van der Waals surface area contributed by atoms with Gasteiger partial charge in [0.1, 0.15) is 11.0 Å². The molecule has 1 N–H and O–H groups in total. The van der Waals surface area contributed by atoms with E-state index in [1.165, 1.54) is 6.26 Å². The fourth-order valence-electron chi connectivity index (χ4n) is 3.64. The van der Waals surface area contributed by atoms with E-state index in [9.17, 15) is 13.2 Å². The van der Waals surface area contributed by atoms with E-state index in [1.54, 1.807) is 53.6 Å². The minimum absolute atomic E-state index is 0.00616. The van der Waals surface area contributed by atoms with Gasteiger partial charge in [-0.1, -0.05) is 35.9 Å². The summed E-state index contributed by atoms with van der Waals surface area (Å²) in [6, 6.07) is 16.6. The van der Waals surface area contributed by atoms with Crippen molar-refractivity contribution in [2.45, 2.75) is 11.3 Å². The molecule has 0 radical (unpaired) electrons. The van der Waals surface area contributed by atoms with E-state index in [0.717, 1.165) is 5.56 Å². The number of halogens is 1. The van der Waals surface area contributed by atoms with Gasteiger partial charge in [-0.3, -0.25) is 0 Å². The van der Waals surface area contributed by atoms with E-state index >= 15 is 0 Å². The number of urea groups is 1. The van der Waals surface area contributed by atoms with E-state index in [2.05, 4.69) is 15.5 Å². The lowest BCUT2D eigenvalue weighted by atomic mass is 10.1. The average Bonchev–Trinajstić information content (AvgIpc) is 3.13. The predicted molar refractivity (Wildman–Crippen MR) is 120 cm³/mol. The zero-order chi connectivity index (χ0) is 22.7. The van der Waals surface area contributed by atoms with Crippen molar-refractivity contribution in [3.8, 4) is 11.6 Å². The number of sulfone groups is 1. The molecule has 1 aliphatic rings. The fourth-order valence-corrected chi connectivity index (χ4v) is 4.85. The first-order chi connectivity index (χ1) is 15.3. The highest BCUT2D eigenvalue weighted by Crippen LogP contribution is 2.33. The van der Waals surface area contributed by atoms with Gasteiger partial charge in [-0.15, -0.1) is 5.10 Å². The van der Waals surface area contributed by atoms with Gasteiger partial charge in [-0.25, -0.2) is 13.2 Å². The van der Waals surface area contributed by atoms with Crippen LogP contribution in [-0.4, -0.2) is 48.9 Å². The van der Waals surface area contributed by atoms with Crippen LogP contribution in [0, 0.1) is 0 Å². The van der Waals surface area contributed by atoms with Crippen molar-refractivity contribution in [1.29, 1.82) is 0 Å². The van der Waals surface area contributed by atoms with Gasteiger partial charge in [-0.05, 0) is 41.5 Å². The number of carbonyl (C=O) groups is 1. The van der Waals surface area contributed by atoms with Crippen LogP contribution in [0.25, 0.3) is 0 Å². The maximum absolute atomic E-state index is 12.6. The molecule has 0 saturated carbocycles. The summed E-state index contributed by atoms with van der Waals surface area (Å²) in [6.07, 6.45) is 2.72. The van der Waals surface area contributed by atoms with Gasteiger partial charge in [-0.2, -0.15) is 5.10 Å². The molecule has 0 spiro atoms. The molecular formula is C22H21ClN4O4S. The smallest absolute Gasteiger partial charge is 0.318 e. The number of hydrogen-bond donors (Lipinski definition) is 1. The van der Waals surface area contributed by atoms with Crippen LogP contribution >= 0.6 is 11.6 Å². The van der Waals surface area contributed by atoms with Crippen LogP contribution < -0.4 is 10.1 Å². The Bertz CT molecular complexity index is 1210. The number of amides is 2. The van der Waals surface area contributed by atoms with E-state index in [4.69, 9.17) is 16.3 Å². The molecule has 1 aromatic heterocycles. The number of ether oxygens (including phenoxy) is 1. The second-order valence-electron chi connectivity index (χ2n) is 7.46. The summed E-state index contributed by atoms with van der Waals surface area (Å²) in [5.41, 5.74) is 1.39. The Balaban J connectivity index is 1.60. The molecule has 0 bridgehead atoms. The van der Waals surface area contributed by atoms with Gasteiger partial charge < -0.3 is 15.0 Å². The Morgan fingerprint density at radius 2 is 1.97 bits per heavy atom. The minimum atomic E-state index is -3.50. The topological polar surface area (TPSA) is 101 Å². The van der Waals surface area contributed by atoms with Crippen LogP contribution in [0.1, 0.15) is 22.4 Å². The van der Waals surface area contributed by atoms with E-state index in [1.807, 2.05) is 18.2 Å². The third kappa shape index (κ3) is 5.00. The molecule has 1 fully saturated rings. The summed E-state index contributed by atoms with van der Waals surface area (Å²) in [4.78, 5) is 14.2. The first-order valence-electron chi connectivity index (χ1n) is 9.85. The van der Waals surface area contributed by atoms with E-state index < -0.39 is 15.1 Å². The maximum atomic E-state index is 12.6. The number of benzene rings is 2. The standard InChI is InChI=1S/C22H21ClN4O4S/c1-32(29,30)20(15-7-9-17(23)10-8-15)14-27-19(13-24-22(27)28)16-4-2-5-18(12-16)31-21-6-3-11-25-26-21/h2-12,19-20H,13-14H2,1H3,(H,24,28). The monoisotopic (exact) mass is 472 g/mol. The van der Waals surface area contributed by atoms with Crippen molar-refractivity contribution in [2.75, 3.05) is 19.3 Å². The number of carbonyl (C=O) groups excluding carboxylic acids is 1. The molecule has 2 amide bonds. The lowest BCUT2D eigenvalue weighted by molar-refractivity contribution is 0.204. The van der Waals surface area contributed by atoms with Crippen molar-refractivity contribution in [3.05, 3.63) is 83.0 Å². The molecule has 0 aliphatic carbocycles. The zero-order valence-electron chi connectivity index (χ0n) is 17.2. The molecule has 10 heteroatoms. The molecule has 4 rings (SSSR count). The van der Waals surface area contributed by atoms with Crippen LogP contribution in [-0.2, 0) is 9.84 Å². The molecule has 3 aromatic rings. The van der Waals surface area contributed by atoms with Crippen molar-refractivity contribution < 1.29 is 17.9 Å². The summed E-state index contributed by atoms with van der Waals surface area (Å²) in [5, 5.41) is 10.1. The van der Waals surface area contributed by atoms with Crippen molar-refractivity contribution in [2.24, 2.45) is 0 Å². The van der Waals surface area contributed by atoms with Crippen molar-refractivity contribution >= 4 is 27.5 Å². The SMILES string of the molecule is CS(=O)(=O)C(CN1C(=O)NCC1c1cccc(Oc2cccnn2)c1)c1ccc(Cl)cc1.